The number of rotatable bonds is 10. The Bertz CT molecular complexity index is 1110. The molecule has 3 aromatic carbocycles. The first kappa shape index (κ1) is 24.8. The SMILES string of the molecule is O=C(N[C@@H](Cc1ccccc1)C(=O)N[C@@H](Cc1ccccc1Cl)C(=O)O)OCc1ccccc1. The van der Waals surface area contributed by atoms with Crippen LogP contribution >= 0.6 is 11.6 Å². The molecule has 0 heterocycles. The summed E-state index contributed by atoms with van der Waals surface area (Å²) in [5, 5.41) is 15.2. The second-order valence-corrected chi connectivity index (χ2v) is 8.05. The predicted molar refractivity (Wildman–Crippen MR) is 128 cm³/mol. The Morgan fingerprint density at radius 3 is 1.97 bits per heavy atom. The number of aliphatic carboxylic acids is 1. The van der Waals surface area contributed by atoms with Crippen LogP contribution in [-0.2, 0) is 33.8 Å². The van der Waals surface area contributed by atoms with E-state index in [1.54, 1.807) is 24.3 Å². The third-order valence-corrected chi connectivity index (χ3v) is 5.47. The van der Waals surface area contributed by atoms with Crippen LogP contribution in [0.5, 0.6) is 0 Å². The molecule has 0 fully saturated rings. The first-order valence-corrected chi connectivity index (χ1v) is 11.1. The van der Waals surface area contributed by atoms with Crippen molar-refractivity contribution >= 4 is 29.6 Å². The molecular weight excluding hydrogens is 456 g/mol. The number of ether oxygens (including phenoxy) is 1. The van der Waals surface area contributed by atoms with Gasteiger partial charge in [-0.2, -0.15) is 0 Å². The van der Waals surface area contributed by atoms with E-state index >= 15 is 0 Å². The molecule has 3 aromatic rings. The molecular formula is C26H25ClN2O5. The number of hydrogen-bond donors (Lipinski definition) is 3. The maximum atomic E-state index is 13.1. The summed E-state index contributed by atoms with van der Waals surface area (Å²) in [7, 11) is 0. The number of hydrogen-bond acceptors (Lipinski definition) is 4. The van der Waals surface area contributed by atoms with Crippen LogP contribution in [0, 0.1) is 0 Å². The molecule has 0 spiro atoms. The van der Waals surface area contributed by atoms with Gasteiger partial charge in [-0.3, -0.25) is 4.79 Å². The van der Waals surface area contributed by atoms with Crippen LogP contribution in [0.4, 0.5) is 4.79 Å². The number of benzene rings is 3. The quantitative estimate of drug-likeness (QED) is 0.407. The zero-order valence-electron chi connectivity index (χ0n) is 18.3. The van der Waals surface area contributed by atoms with Crippen molar-refractivity contribution in [3.8, 4) is 0 Å². The van der Waals surface area contributed by atoms with Gasteiger partial charge in [0.2, 0.25) is 5.91 Å². The van der Waals surface area contributed by atoms with Crippen LogP contribution in [0.3, 0.4) is 0 Å². The fourth-order valence-electron chi connectivity index (χ4n) is 3.32. The first-order valence-electron chi connectivity index (χ1n) is 10.7. The molecule has 176 valence electrons. The van der Waals surface area contributed by atoms with Crippen LogP contribution in [-0.4, -0.2) is 35.2 Å². The van der Waals surface area contributed by atoms with Crippen LogP contribution in [0.15, 0.2) is 84.9 Å². The third kappa shape index (κ3) is 7.64. The molecule has 0 aliphatic heterocycles. The molecule has 3 rings (SSSR count). The number of carbonyl (C=O) groups is 3. The Kier molecular flexibility index (Phi) is 9.05. The van der Waals surface area contributed by atoms with Gasteiger partial charge in [0.1, 0.15) is 18.7 Å². The third-order valence-electron chi connectivity index (χ3n) is 5.10. The Balaban J connectivity index is 1.70. The highest BCUT2D eigenvalue weighted by molar-refractivity contribution is 6.31. The number of nitrogens with one attached hydrogen (secondary N) is 2. The minimum atomic E-state index is -1.23. The van der Waals surface area contributed by atoms with Crippen LogP contribution in [0.1, 0.15) is 16.7 Å². The molecule has 0 aliphatic rings. The molecule has 0 aromatic heterocycles. The molecule has 2 atom stereocenters. The molecule has 0 radical (unpaired) electrons. The molecule has 2 amide bonds. The lowest BCUT2D eigenvalue weighted by molar-refractivity contribution is -0.142. The highest BCUT2D eigenvalue weighted by Gasteiger charge is 2.28. The van der Waals surface area contributed by atoms with Gasteiger partial charge in [-0.1, -0.05) is 90.5 Å². The fourth-order valence-corrected chi connectivity index (χ4v) is 3.54. The molecule has 0 aliphatic carbocycles. The number of halogens is 1. The average Bonchev–Trinajstić information content (AvgIpc) is 2.84. The highest BCUT2D eigenvalue weighted by Crippen LogP contribution is 2.17. The van der Waals surface area contributed by atoms with Gasteiger partial charge in [0.15, 0.2) is 0 Å². The molecule has 34 heavy (non-hydrogen) atoms. The van der Waals surface area contributed by atoms with E-state index in [1.165, 1.54) is 0 Å². The van der Waals surface area contributed by atoms with E-state index in [-0.39, 0.29) is 19.4 Å². The maximum absolute atomic E-state index is 13.1. The van der Waals surface area contributed by atoms with Gasteiger partial charge in [-0.05, 0) is 22.8 Å². The van der Waals surface area contributed by atoms with E-state index in [0.29, 0.717) is 10.6 Å². The van der Waals surface area contributed by atoms with E-state index in [9.17, 15) is 19.5 Å². The van der Waals surface area contributed by atoms with E-state index in [1.807, 2.05) is 60.7 Å². The largest absolute Gasteiger partial charge is 0.480 e. The zero-order valence-corrected chi connectivity index (χ0v) is 19.1. The number of amides is 2. The monoisotopic (exact) mass is 480 g/mol. The molecule has 3 N–H and O–H groups in total. The number of alkyl carbamates (subject to hydrolysis) is 1. The summed E-state index contributed by atoms with van der Waals surface area (Å²) in [6.45, 7) is 0.0383. The number of carboxylic acid groups (broad SMARTS) is 1. The second-order valence-electron chi connectivity index (χ2n) is 7.64. The standard InChI is InChI=1S/C26H25ClN2O5/c27-21-14-8-7-13-20(21)16-23(25(31)32)28-24(30)22(15-18-9-3-1-4-10-18)29-26(33)34-17-19-11-5-2-6-12-19/h1-14,22-23H,15-17H2,(H,28,30)(H,29,33)(H,31,32)/t22-,23-/m0/s1. The van der Waals surface area contributed by atoms with Crippen molar-refractivity contribution in [2.75, 3.05) is 0 Å². The van der Waals surface area contributed by atoms with Crippen LogP contribution < -0.4 is 10.6 Å². The summed E-state index contributed by atoms with van der Waals surface area (Å²) in [4.78, 5) is 37.3. The lowest BCUT2D eigenvalue weighted by atomic mass is 10.0. The van der Waals surface area contributed by atoms with E-state index in [4.69, 9.17) is 16.3 Å². The van der Waals surface area contributed by atoms with Crippen LogP contribution in [0.25, 0.3) is 0 Å². The molecule has 8 heteroatoms. The van der Waals surface area contributed by atoms with Gasteiger partial charge in [-0.25, -0.2) is 9.59 Å². The minimum Gasteiger partial charge on any atom is -0.480 e. The van der Waals surface area contributed by atoms with E-state index in [0.717, 1.165) is 11.1 Å². The first-order chi connectivity index (χ1) is 16.4. The number of carbonyl (C=O) groups excluding carboxylic acids is 2. The topological polar surface area (TPSA) is 105 Å². The molecule has 0 bridgehead atoms. The lowest BCUT2D eigenvalue weighted by Crippen LogP contribution is -2.53. The van der Waals surface area contributed by atoms with Crippen molar-refractivity contribution in [1.29, 1.82) is 0 Å². The minimum absolute atomic E-state index is 0.00272. The van der Waals surface area contributed by atoms with Gasteiger partial charge in [0.25, 0.3) is 0 Å². The lowest BCUT2D eigenvalue weighted by Gasteiger charge is -2.22. The predicted octanol–water partition coefficient (Wildman–Crippen LogP) is 3.99. The Morgan fingerprint density at radius 1 is 0.765 bits per heavy atom. The van der Waals surface area contributed by atoms with Crippen molar-refractivity contribution in [2.45, 2.75) is 31.5 Å². The van der Waals surface area contributed by atoms with Crippen LogP contribution in [0.2, 0.25) is 5.02 Å². The van der Waals surface area contributed by atoms with Crippen molar-refractivity contribution in [3.63, 3.8) is 0 Å². The molecule has 0 unspecified atom stereocenters. The summed E-state index contributed by atoms with van der Waals surface area (Å²) in [5.74, 6) is -1.85. The summed E-state index contributed by atoms with van der Waals surface area (Å²) in [5.41, 5.74) is 2.18. The van der Waals surface area contributed by atoms with E-state index in [2.05, 4.69) is 10.6 Å². The Hall–Kier alpha value is -3.84. The highest BCUT2D eigenvalue weighted by atomic mass is 35.5. The van der Waals surface area contributed by atoms with Gasteiger partial charge in [0.05, 0.1) is 0 Å². The molecule has 0 saturated carbocycles. The maximum Gasteiger partial charge on any atom is 0.408 e. The zero-order chi connectivity index (χ0) is 24.3. The summed E-state index contributed by atoms with van der Waals surface area (Å²) in [6.07, 6.45) is -0.624. The summed E-state index contributed by atoms with van der Waals surface area (Å²) < 4.78 is 5.25. The number of carboxylic acids is 1. The molecule has 0 saturated heterocycles. The Labute approximate surface area is 202 Å². The van der Waals surface area contributed by atoms with Crippen molar-refractivity contribution < 1.29 is 24.2 Å². The van der Waals surface area contributed by atoms with Crippen molar-refractivity contribution in [1.82, 2.24) is 10.6 Å². The Morgan fingerprint density at radius 2 is 1.35 bits per heavy atom. The van der Waals surface area contributed by atoms with Crippen molar-refractivity contribution in [3.05, 3.63) is 107 Å². The second kappa shape index (κ2) is 12.4. The van der Waals surface area contributed by atoms with Gasteiger partial charge in [-0.15, -0.1) is 0 Å². The fraction of sp³-hybridized carbons (Fsp3) is 0.192. The van der Waals surface area contributed by atoms with E-state index < -0.39 is 30.1 Å². The van der Waals surface area contributed by atoms with Gasteiger partial charge in [0, 0.05) is 17.9 Å². The summed E-state index contributed by atoms with van der Waals surface area (Å²) >= 11 is 6.15. The van der Waals surface area contributed by atoms with Crippen molar-refractivity contribution in [2.24, 2.45) is 0 Å². The smallest absolute Gasteiger partial charge is 0.408 e. The normalized spacial score (nSPS) is 12.3. The molecule has 7 nitrogen and oxygen atoms in total. The summed E-state index contributed by atoms with van der Waals surface area (Å²) in [6, 6.07) is 22.8. The average molecular weight is 481 g/mol. The van der Waals surface area contributed by atoms with Gasteiger partial charge >= 0.3 is 12.1 Å². The van der Waals surface area contributed by atoms with Gasteiger partial charge < -0.3 is 20.5 Å².